The number of anilines is 1. The number of urea groups is 1. The standard InChI is InChI=1S/C18H28N2O3/c1-4-14(3)23-16-9-7-15(8-10-16)19-18(22)20-11-5-6-13(2)17(20)12-21/h7-10,13-14,17,21H,4-6,11-12H2,1-3H3,(H,19,22). The molecule has 1 aromatic carbocycles. The molecule has 0 radical (unpaired) electrons. The van der Waals surface area contributed by atoms with E-state index >= 15 is 0 Å². The first-order valence-electron chi connectivity index (χ1n) is 8.50. The maximum absolute atomic E-state index is 12.5. The molecule has 5 nitrogen and oxygen atoms in total. The van der Waals surface area contributed by atoms with Crippen LogP contribution in [0.4, 0.5) is 10.5 Å². The van der Waals surface area contributed by atoms with Crippen molar-refractivity contribution in [3.63, 3.8) is 0 Å². The zero-order valence-electron chi connectivity index (χ0n) is 14.3. The summed E-state index contributed by atoms with van der Waals surface area (Å²) in [6, 6.07) is 7.17. The Bertz CT molecular complexity index is 503. The molecule has 1 aliphatic rings. The van der Waals surface area contributed by atoms with Crippen molar-refractivity contribution in [2.45, 2.75) is 52.2 Å². The maximum Gasteiger partial charge on any atom is 0.322 e. The van der Waals surface area contributed by atoms with Crippen molar-refractivity contribution in [2.75, 3.05) is 18.5 Å². The van der Waals surface area contributed by atoms with E-state index < -0.39 is 0 Å². The number of hydrogen-bond acceptors (Lipinski definition) is 3. The smallest absolute Gasteiger partial charge is 0.322 e. The number of ether oxygens (including phenoxy) is 1. The van der Waals surface area contributed by atoms with Gasteiger partial charge in [0.15, 0.2) is 0 Å². The third-order valence-electron chi connectivity index (χ3n) is 4.58. The number of carbonyl (C=O) groups excluding carboxylic acids is 1. The van der Waals surface area contributed by atoms with Gasteiger partial charge in [-0.2, -0.15) is 0 Å². The van der Waals surface area contributed by atoms with Gasteiger partial charge in [0, 0.05) is 12.2 Å². The lowest BCUT2D eigenvalue weighted by molar-refractivity contribution is 0.0811. The van der Waals surface area contributed by atoms with Gasteiger partial charge in [0.1, 0.15) is 5.75 Å². The molecule has 2 amide bonds. The summed E-state index contributed by atoms with van der Waals surface area (Å²) in [5, 5.41) is 12.5. The predicted octanol–water partition coefficient (Wildman–Crippen LogP) is 3.49. The molecule has 3 atom stereocenters. The number of nitrogens with one attached hydrogen (secondary N) is 1. The van der Waals surface area contributed by atoms with Crippen molar-refractivity contribution in [2.24, 2.45) is 5.92 Å². The summed E-state index contributed by atoms with van der Waals surface area (Å²) in [7, 11) is 0. The average molecular weight is 320 g/mol. The molecule has 23 heavy (non-hydrogen) atoms. The number of piperidine rings is 1. The average Bonchev–Trinajstić information content (AvgIpc) is 2.56. The number of likely N-dealkylation sites (tertiary alicyclic amines) is 1. The largest absolute Gasteiger partial charge is 0.491 e. The minimum absolute atomic E-state index is 0.0102. The molecule has 1 saturated heterocycles. The van der Waals surface area contributed by atoms with E-state index in [1.54, 1.807) is 4.90 Å². The number of hydrogen-bond donors (Lipinski definition) is 2. The molecule has 0 bridgehead atoms. The summed E-state index contributed by atoms with van der Waals surface area (Å²) in [5.74, 6) is 1.13. The molecule has 5 heteroatoms. The highest BCUT2D eigenvalue weighted by Crippen LogP contribution is 2.24. The number of nitrogens with zero attached hydrogens (tertiary/aromatic N) is 1. The zero-order chi connectivity index (χ0) is 16.8. The third kappa shape index (κ3) is 4.61. The van der Waals surface area contributed by atoms with Crippen molar-refractivity contribution in [1.82, 2.24) is 4.90 Å². The van der Waals surface area contributed by atoms with E-state index in [4.69, 9.17) is 4.74 Å². The van der Waals surface area contributed by atoms with Gasteiger partial charge < -0.3 is 20.1 Å². The van der Waals surface area contributed by atoms with Crippen LogP contribution in [0.25, 0.3) is 0 Å². The van der Waals surface area contributed by atoms with Gasteiger partial charge >= 0.3 is 6.03 Å². The number of amides is 2. The molecule has 2 N–H and O–H groups in total. The summed E-state index contributed by atoms with van der Waals surface area (Å²) < 4.78 is 5.73. The van der Waals surface area contributed by atoms with Gasteiger partial charge in [-0.25, -0.2) is 4.79 Å². The molecule has 1 heterocycles. The van der Waals surface area contributed by atoms with Crippen molar-refractivity contribution >= 4 is 11.7 Å². The number of aliphatic hydroxyl groups excluding tert-OH is 1. The molecule has 0 aromatic heterocycles. The van der Waals surface area contributed by atoms with Crippen LogP contribution in [0, 0.1) is 5.92 Å². The monoisotopic (exact) mass is 320 g/mol. The first-order valence-corrected chi connectivity index (χ1v) is 8.50. The lowest BCUT2D eigenvalue weighted by Gasteiger charge is -2.38. The van der Waals surface area contributed by atoms with Crippen LogP contribution < -0.4 is 10.1 Å². The van der Waals surface area contributed by atoms with E-state index in [1.165, 1.54) is 0 Å². The summed E-state index contributed by atoms with van der Waals surface area (Å²) in [6.07, 6.45) is 3.16. The summed E-state index contributed by atoms with van der Waals surface area (Å²) in [6.45, 7) is 6.90. The van der Waals surface area contributed by atoms with E-state index in [9.17, 15) is 9.90 Å². The lowest BCUT2D eigenvalue weighted by Crippen LogP contribution is -2.51. The molecule has 0 aliphatic carbocycles. The van der Waals surface area contributed by atoms with Crippen LogP contribution in [0.3, 0.4) is 0 Å². The fourth-order valence-electron chi connectivity index (χ4n) is 2.91. The van der Waals surface area contributed by atoms with E-state index in [1.807, 2.05) is 31.2 Å². The highest BCUT2D eigenvalue weighted by molar-refractivity contribution is 5.89. The summed E-state index contributed by atoms with van der Waals surface area (Å²) in [4.78, 5) is 14.2. The van der Waals surface area contributed by atoms with Crippen LogP contribution in [0.1, 0.15) is 40.0 Å². The van der Waals surface area contributed by atoms with Crippen LogP contribution in [-0.4, -0.2) is 41.3 Å². The number of aliphatic hydroxyl groups is 1. The van der Waals surface area contributed by atoms with Gasteiger partial charge in [-0.05, 0) is 56.4 Å². The second-order valence-corrected chi connectivity index (χ2v) is 6.35. The molecule has 0 spiro atoms. The van der Waals surface area contributed by atoms with Crippen LogP contribution >= 0.6 is 0 Å². The minimum atomic E-state index is -0.147. The molecular formula is C18H28N2O3. The Balaban J connectivity index is 1.96. The Morgan fingerprint density at radius 3 is 2.74 bits per heavy atom. The third-order valence-corrected chi connectivity index (χ3v) is 4.58. The van der Waals surface area contributed by atoms with Gasteiger partial charge in [-0.3, -0.25) is 0 Å². The quantitative estimate of drug-likeness (QED) is 0.873. The molecule has 3 unspecified atom stereocenters. The van der Waals surface area contributed by atoms with E-state index in [0.29, 0.717) is 12.5 Å². The van der Waals surface area contributed by atoms with Crippen molar-refractivity contribution in [3.05, 3.63) is 24.3 Å². The fourth-order valence-corrected chi connectivity index (χ4v) is 2.91. The number of rotatable bonds is 5. The minimum Gasteiger partial charge on any atom is -0.491 e. The Morgan fingerprint density at radius 1 is 1.43 bits per heavy atom. The highest BCUT2D eigenvalue weighted by atomic mass is 16.5. The van der Waals surface area contributed by atoms with Gasteiger partial charge in [0.2, 0.25) is 0 Å². The normalized spacial score (nSPS) is 22.5. The van der Waals surface area contributed by atoms with Crippen LogP contribution in [-0.2, 0) is 0 Å². The van der Waals surface area contributed by atoms with Crippen molar-refractivity contribution in [3.8, 4) is 5.75 Å². The number of benzene rings is 1. The second kappa shape index (κ2) is 8.20. The molecule has 0 saturated carbocycles. The molecule has 1 aliphatic heterocycles. The molecule has 2 rings (SSSR count). The molecule has 1 aromatic rings. The second-order valence-electron chi connectivity index (χ2n) is 6.35. The zero-order valence-corrected chi connectivity index (χ0v) is 14.3. The van der Waals surface area contributed by atoms with Crippen LogP contribution in [0.5, 0.6) is 5.75 Å². The van der Waals surface area contributed by atoms with Crippen LogP contribution in [0.2, 0.25) is 0 Å². The first-order chi connectivity index (χ1) is 11.0. The van der Waals surface area contributed by atoms with Gasteiger partial charge in [0.25, 0.3) is 0 Å². The summed E-state index contributed by atoms with van der Waals surface area (Å²) >= 11 is 0. The maximum atomic E-state index is 12.5. The van der Waals surface area contributed by atoms with E-state index in [0.717, 1.165) is 30.7 Å². The van der Waals surface area contributed by atoms with Gasteiger partial charge in [0.05, 0.1) is 18.8 Å². The Labute approximate surface area is 138 Å². The Morgan fingerprint density at radius 2 is 2.13 bits per heavy atom. The van der Waals surface area contributed by atoms with Crippen molar-refractivity contribution < 1.29 is 14.6 Å². The Hall–Kier alpha value is -1.75. The van der Waals surface area contributed by atoms with Crippen molar-refractivity contribution in [1.29, 1.82) is 0 Å². The van der Waals surface area contributed by atoms with E-state index in [2.05, 4.69) is 19.2 Å². The Kier molecular flexibility index (Phi) is 6.28. The van der Waals surface area contributed by atoms with Crippen LogP contribution in [0.15, 0.2) is 24.3 Å². The molecular weight excluding hydrogens is 292 g/mol. The topological polar surface area (TPSA) is 61.8 Å². The summed E-state index contributed by atoms with van der Waals surface area (Å²) in [5.41, 5.74) is 0.737. The molecule has 128 valence electrons. The predicted molar refractivity (Wildman–Crippen MR) is 91.8 cm³/mol. The lowest BCUT2D eigenvalue weighted by atomic mass is 9.91. The first kappa shape index (κ1) is 17.6. The van der Waals surface area contributed by atoms with Gasteiger partial charge in [-0.1, -0.05) is 13.8 Å². The fraction of sp³-hybridized carbons (Fsp3) is 0.611. The van der Waals surface area contributed by atoms with Gasteiger partial charge in [-0.15, -0.1) is 0 Å². The SMILES string of the molecule is CCC(C)Oc1ccc(NC(=O)N2CCCC(C)C2CO)cc1. The number of carbonyl (C=O) groups is 1. The molecule has 1 fully saturated rings. The highest BCUT2D eigenvalue weighted by Gasteiger charge is 2.31. The van der Waals surface area contributed by atoms with E-state index in [-0.39, 0.29) is 24.8 Å².